The Kier molecular flexibility index (Phi) is 4.81. The first-order valence-electron chi connectivity index (χ1n) is 18.2. The Hall–Kier alpha value is -6.59. The summed E-state index contributed by atoms with van der Waals surface area (Å²) in [5, 5.41) is 10.4. The van der Waals surface area contributed by atoms with Crippen molar-refractivity contribution in [2.75, 3.05) is 0 Å². The van der Waals surface area contributed by atoms with Gasteiger partial charge in [0.2, 0.25) is 12.5 Å². The normalized spacial score (nSPS) is 13.2. The molecule has 5 heteroatoms. The number of nitrogens with zero attached hydrogens (tertiary/aromatic N) is 4. The SMILES string of the molecule is Cc1ccc2cccc(C)c2c1B1c2ccccc2-n2c3c1ccc1c3c(cc3c4cccc5c6ccccc6n(c54)c31)n1c3ccccc3nc21. The number of aryl methyl sites for hydroxylation is 2. The molecular weight excluding hydrogens is 631 g/mol. The minimum atomic E-state index is 0.0463. The fourth-order valence-corrected chi connectivity index (χ4v) is 10.3. The van der Waals surface area contributed by atoms with E-state index in [1.165, 1.54) is 104 Å². The molecule has 1 aliphatic rings. The van der Waals surface area contributed by atoms with Gasteiger partial charge in [-0.25, -0.2) is 4.98 Å². The van der Waals surface area contributed by atoms with E-state index >= 15 is 0 Å². The largest absolute Gasteiger partial charge is 0.307 e. The molecular formula is C47H29BN4. The highest BCUT2D eigenvalue weighted by Gasteiger charge is 2.37. The number of para-hydroxylation sites is 5. The number of hydrogen-bond acceptors (Lipinski definition) is 1. The molecule has 1 aliphatic heterocycles. The predicted molar refractivity (Wildman–Crippen MR) is 220 cm³/mol. The second kappa shape index (κ2) is 9.20. The molecule has 8 aromatic carbocycles. The Bertz CT molecular complexity index is 3560. The van der Waals surface area contributed by atoms with Gasteiger partial charge in [0.25, 0.3) is 0 Å². The Balaban J connectivity index is 1.33. The fraction of sp³-hybridized carbons (Fsp3) is 0.0426. The molecule has 52 heavy (non-hydrogen) atoms. The molecule has 0 unspecified atom stereocenters. The molecule has 0 saturated carbocycles. The number of aromatic nitrogens is 4. The van der Waals surface area contributed by atoms with Crippen molar-refractivity contribution in [3.63, 3.8) is 0 Å². The Morgan fingerprint density at radius 2 is 1.23 bits per heavy atom. The molecule has 4 aromatic heterocycles. The van der Waals surface area contributed by atoms with Crippen molar-refractivity contribution in [2.24, 2.45) is 0 Å². The van der Waals surface area contributed by atoms with Gasteiger partial charge >= 0.3 is 0 Å². The predicted octanol–water partition coefficient (Wildman–Crippen LogP) is 9.33. The molecule has 0 saturated heterocycles. The Morgan fingerprint density at radius 3 is 2.15 bits per heavy atom. The minimum absolute atomic E-state index is 0.0463. The number of imidazole rings is 1. The summed E-state index contributed by atoms with van der Waals surface area (Å²) in [5.74, 6) is 0.945. The van der Waals surface area contributed by atoms with Crippen LogP contribution >= 0.6 is 0 Å². The number of fused-ring (bicyclic) bond motifs is 15. The van der Waals surface area contributed by atoms with Gasteiger partial charge in [-0.3, -0.25) is 8.97 Å². The summed E-state index contributed by atoms with van der Waals surface area (Å²) in [6, 6.07) is 52.0. The van der Waals surface area contributed by atoms with Crippen LogP contribution in [0.25, 0.3) is 93.2 Å². The van der Waals surface area contributed by atoms with Crippen LogP contribution in [0.5, 0.6) is 0 Å². The molecule has 0 bridgehead atoms. The lowest BCUT2D eigenvalue weighted by Crippen LogP contribution is -2.57. The lowest BCUT2D eigenvalue weighted by Gasteiger charge is -2.31. The van der Waals surface area contributed by atoms with Gasteiger partial charge in [0.15, 0.2) is 0 Å². The summed E-state index contributed by atoms with van der Waals surface area (Å²) in [7, 11) is 0. The van der Waals surface area contributed by atoms with Crippen LogP contribution in [0.2, 0.25) is 0 Å². The van der Waals surface area contributed by atoms with Crippen LogP contribution in [-0.2, 0) is 0 Å². The van der Waals surface area contributed by atoms with E-state index in [0.717, 1.165) is 16.8 Å². The quantitative estimate of drug-likeness (QED) is 0.161. The lowest BCUT2D eigenvalue weighted by molar-refractivity contribution is 1.07. The minimum Gasteiger partial charge on any atom is -0.307 e. The van der Waals surface area contributed by atoms with Crippen LogP contribution in [0.1, 0.15) is 11.1 Å². The van der Waals surface area contributed by atoms with Gasteiger partial charge in [-0.2, -0.15) is 0 Å². The van der Waals surface area contributed by atoms with Crippen LogP contribution in [-0.4, -0.2) is 25.1 Å². The molecule has 0 fully saturated rings. The summed E-state index contributed by atoms with van der Waals surface area (Å²) in [6.07, 6.45) is 0. The molecule has 240 valence electrons. The third-order valence-electron chi connectivity index (χ3n) is 12.3. The molecule has 0 atom stereocenters. The molecule has 0 radical (unpaired) electrons. The Labute approximate surface area is 298 Å². The maximum absolute atomic E-state index is 5.43. The van der Waals surface area contributed by atoms with Gasteiger partial charge in [0, 0.05) is 38.0 Å². The van der Waals surface area contributed by atoms with E-state index in [4.69, 9.17) is 4.98 Å². The highest BCUT2D eigenvalue weighted by atomic mass is 15.2. The molecule has 13 rings (SSSR count). The average Bonchev–Trinajstić information content (AvgIpc) is 3.84. The second-order valence-electron chi connectivity index (χ2n) is 14.8. The maximum Gasteiger partial charge on any atom is 0.247 e. The zero-order valence-electron chi connectivity index (χ0n) is 28.6. The molecule has 5 heterocycles. The van der Waals surface area contributed by atoms with Crippen molar-refractivity contribution in [1.29, 1.82) is 0 Å². The van der Waals surface area contributed by atoms with Crippen molar-refractivity contribution in [2.45, 2.75) is 13.8 Å². The third-order valence-corrected chi connectivity index (χ3v) is 12.3. The van der Waals surface area contributed by atoms with E-state index in [1.54, 1.807) is 0 Å². The van der Waals surface area contributed by atoms with Crippen LogP contribution in [0, 0.1) is 13.8 Å². The maximum atomic E-state index is 5.43. The third kappa shape index (κ3) is 3.04. The zero-order chi connectivity index (χ0) is 34.0. The second-order valence-corrected chi connectivity index (χ2v) is 14.8. The zero-order valence-corrected chi connectivity index (χ0v) is 28.6. The summed E-state index contributed by atoms with van der Waals surface area (Å²) >= 11 is 0. The molecule has 4 nitrogen and oxygen atoms in total. The van der Waals surface area contributed by atoms with E-state index in [-0.39, 0.29) is 6.71 Å². The van der Waals surface area contributed by atoms with Crippen LogP contribution < -0.4 is 16.4 Å². The van der Waals surface area contributed by atoms with Gasteiger partial charge in [0.1, 0.15) is 0 Å². The monoisotopic (exact) mass is 660 g/mol. The molecule has 0 spiro atoms. The van der Waals surface area contributed by atoms with Crippen LogP contribution in [0.3, 0.4) is 0 Å². The van der Waals surface area contributed by atoms with E-state index in [0.29, 0.717) is 0 Å². The van der Waals surface area contributed by atoms with Crippen molar-refractivity contribution in [3.8, 4) is 5.69 Å². The highest BCUT2D eigenvalue weighted by Crippen LogP contribution is 2.45. The van der Waals surface area contributed by atoms with E-state index < -0.39 is 0 Å². The first-order valence-corrected chi connectivity index (χ1v) is 18.2. The summed E-state index contributed by atoms with van der Waals surface area (Å²) in [6.45, 7) is 4.60. The van der Waals surface area contributed by atoms with Crippen LogP contribution in [0.4, 0.5) is 0 Å². The number of hydrogen-bond donors (Lipinski definition) is 0. The topological polar surface area (TPSA) is 26.6 Å². The standard InChI is InChI=1S/C47H29BN4/c1-26-11-9-12-28-22-21-27(2)43(41(26)28)48-34-16-4-7-19-38(34)52-46-35(48)24-23-32-42(46)40(50-39-20-8-5-17-36(39)49-47(50)52)25-33-31-15-10-14-30-29-13-3-6-18-37(29)51(44(30)31)45(32)33/h3-25H,1-2H3. The van der Waals surface area contributed by atoms with E-state index in [9.17, 15) is 0 Å². The van der Waals surface area contributed by atoms with Crippen molar-refractivity contribution >= 4 is 111 Å². The van der Waals surface area contributed by atoms with Gasteiger partial charge in [0.05, 0.1) is 38.6 Å². The smallest absolute Gasteiger partial charge is 0.247 e. The summed E-state index contributed by atoms with van der Waals surface area (Å²) in [5.41, 5.74) is 16.2. The first kappa shape index (κ1) is 27.2. The molecule has 0 amide bonds. The van der Waals surface area contributed by atoms with Gasteiger partial charge in [-0.15, -0.1) is 0 Å². The number of benzene rings is 8. The van der Waals surface area contributed by atoms with Gasteiger partial charge in [-0.05, 0) is 71.4 Å². The first-order chi connectivity index (χ1) is 25.7. The molecule has 12 aromatic rings. The fourth-order valence-electron chi connectivity index (χ4n) is 10.3. The highest BCUT2D eigenvalue weighted by molar-refractivity contribution is 6.99. The van der Waals surface area contributed by atoms with Crippen LogP contribution in [0.15, 0.2) is 140 Å². The van der Waals surface area contributed by atoms with E-state index in [2.05, 4.69) is 167 Å². The summed E-state index contributed by atoms with van der Waals surface area (Å²) in [4.78, 5) is 5.43. The molecule has 0 aliphatic carbocycles. The van der Waals surface area contributed by atoms with E-state index in [1.807, 2.05) is 0 Å². The van der Waals surface area contributed by atoms with Gasteiger partial charge < -0.3 is 4.40 Å². The average molecular weight is 661 g/mol. The van der Waals surface area contributed by atoms with Crippen molar-refractivity contribution in [3.05, 3.63) is 151 Å². The Morgan fingerprint density at radius 1 is 0.481 bits per heavy atom. The summed E-state index contributed by atoms with van der Waals surface area (Å²) < 4.78 is 7.44. The number of rotatable bonds is 1. The molecule has 0 N–H and O–H groups in total. The lowest BCUT2D eigenvalue weighted by atomic mass is 9.34. The van der Waals surface area contributed by atoms with Crippen molar-refractivity contribution < 1.29 is 0 Å². The van der Waals surface area contributed by atoms with Crippen molar-refractivity contribution in [1.82, 2.24) is 18.4 Å². The van der Waals surface area contributed by atoms with Gasteiger partial charge in [-0.1, -0.05) is 120 Å².